The van der Waals surface area contributed by atoms with E-state index in [2.05, 4.69) is 19.7 Å². The zero-order valence-electron chi connectivity index (χ0n) is 10.1. The lowest BCUT2D eigenvalue weighted by atomic mass is 10.2. The number of methoxy groups -OCH3 is 2. The predicted molar refractivity (Wildman–Crippen MR) is 57.0 cm³/mol. The maximum Gasteiger partial charge on any atom is 0.332 e. The molecule has 0 radical (unpaired) electrons. The average molecular weight is 230 g/mol. The summed E-state index contributed by atoms with van der Waals surface area (Å²) in [6, 6.07) is -1.30. The van der Waals surface area contributed by atoms with E-state index in [9.17, 15) is 9.59 Å². The molecule has 0 N–H and O–H groups in total. The summed E-state index contributed by atoms with van der Waals surface area (Å²) in [4.78, 5) is 22.4. The highest BCUT2D eigenvalue weighted by Crippen LogP contribution is 2.06. The monoisotopic (exact) mass is 230 g/mol. The third kappa shape index (κ3) is 4.37. The summed E-state index contributed by atoms with van der Waals surface area (Å²) < 4.78 is 9.09. The van der Waals surface area contributed by atoms with E-state index in [1.807, 2.05) is 0 Å². The summed E-state index contributed by atoms with van der Waals surface area (Å²) in [6.45, 7) is 3.58. The van der Waals surface area contributed by atoms with E-state index in [1.54, 1.807) is 13.8 Å². The SMILES string of the molecule is CCC(N=NC(CC)C(=O)OC)C(=O)OC. The molecule has 0 aromatic carbocycles. The smallest absolute Gasteiger partial charge is 0.332 e. The van der Waals surface area contributed by atoms with Crippen molar-refractivity contribution in [3.8, 4) is 0 Å². The van der Waals surface area contributed by atoms with Crippen LogP contribution in [0.1, 0.15) is 26.7 Å². The van der Waals surface area contributed by atoms with Crippen LogP contribution in [0.4, 0.5) is 0 Å². The molecule has 0 saturated carbocycles. The molecule has 0 aliphatic heterocycles. The Morgan fingerprint density at radius 1 is 0.938 bits per heavy atom. The van der Waals surface area contributed by atoms with Crippen molar-refractivity contribution in [1.82, 2.24) is 0 Å². The van der Waals surface area contributed by atoms with Crippen molar-refractivity contribution in [3.63, 3.8) is 0 Å². The van der Waals surface area contributed by atoms with Crippen LogP contribution in [0.5, 0.6) is 0 Å². The highest BCUT2D eigenvalue weighted by molar-refractivity contribution is 5.76. The number of ether oxygens (including phenoxy) is 2. The summed E-state index contributed by atoms with van der Waals surface area (Å²) in [6.07, 6.45) is 0.960. The Morgan fingerprint density at radius 3 is 1.44 bits per heavy atom. The highest BCUT2D eigenvalue weighted by atomic mass is 16.5. The number of rotatable bonds is 6. The molecule has 0 rings (SSSR count). The molecule has 0 aromatic rings. The molecular weight excluding hydrogens is 212 g/mol. The van der Waals surface area contributed by atoms with E-state index in [0.29, 0.717) is 12.8 Å². The van der Waals surface area contributed by atoms with Gasteiger partial charge in [-0.25, -0.2) is 9.59 Å². The third-order valence-electron chi connectivity index (χ3n) is 2.07. The van der Waals surface area contributed by atoms with Crippen molar-refractivity contribution in [3.05, 3.63) is 0 Å². The van der Waals surface area contributed by atoms with Gasteiger partial charge in [-0.1, -0.05) is 13.8 Å². The Kier molecular flexibility index (Phi) is 7.07. The molecule has 0 amide bonds. The Balaban J connectivity index is 4.52. The predicted octanol–water partition coefficient (Wildman–Crippen LogP) is 1.34. The van der Waals surface area contributed by atoms with E-state index < -0.39 is 24.0 Å². The molecule has 0 aliphatic carbocycles. The van der Waals surface area contributed by atoms with Crippen molar-refractivity contribution in [2.24, 2.45) is 10.2 Å². The van der Waals surface area contributed by atoms with Crippen LogP contribution in [0.2, 0.25) is 0 Å². The highest BCUT2D eigenvalue weighted by Gasteiger charge is 2.19. The fourth-order valence-electron chi connectivity index (χ4n) is 1.02. The molecule has 0 aromatic heterocycles. The second kappa shape index (κ2) is 7.78. The van der Waals surface area contributed by atoms with Crippen LogP contribution in [0, 0.1) is 0 Å². The first-order valence-corrected chi connectivity index (χ1v) is 5.16. The van der Waals surface area contributed by atoms with E-state index in [0.717, 1.165) is 0 Å². The first-order chi connectivity index (χ1) is 7.60. The normalized spacial score (nSPS) is 14.5. The Labute approximate surface area is 95.0 Å². The van der Waals surface area contributed by atoms with Crippen molar-refractivity contribution in [2.75, 3.05) is 14.2 Å². The Hall–Kier alpha value is -1.46. The molecule has 6 heteroatoms. The Morgan fingerprint density at radius 2 is 1.25 bits per heavy atom. The third-order valence-corrected chi connectivity index (χ3v) is 2.07. The number of carbonyl (C=O) groups excluding carboxylic acids is 2. The van der Waals surface area contributed by atoms with Gasteiger partial charge in [0, 0.05) is 0 Å². The molecule has 0 spiro atoms. The van der Waals surface area contributed by atoms with Gasteiger partial charge in [0.2, 0.25) is 0 Å². The van der Waals surface area contributed by atoms with Crippen LogP contribution in [0.15, 0.2) is 10.2 Å². The van der Waals surface area contributed by atoms with Crippen LogP contribution in [-0.4, -0.2) is 38.2 Å². The maximum atomic E-state index is 11.2. The van der Waals surface area contributed by atoms with Gasteiger partial charge < -0.3 is 9.47 Å². The standard InChI is InChI=1S/C10H18N2O4/c1-5-7(9(13)15-3)11-12-8(6-2)10(14)16-4/h7-8H,5-6H2,1-4H3. The van der Waals surface area contributed by atoms with Crippen molar-refractivity contribution in [2.45, 2.75) is 38.8 Å². The second-order valence-electron chi connectivity index (χ2n) is 3.13. The number of nitrogens with zero attached hydrogens (tertiary/aromatic N) is 2. The molecule has 16 heavy (non-hydrogen) atoms. The summed E-state index contributed by atoms with van der Waals surface area (Å²) in [5, 5.41) is 7.61. The van der Waals surface area contributed by atoms with Crippen LogP contribution in [-0.2, 0) is 19.1 Å². The van der Waals surface area contributed by atoms with Gasteiger partial charge in [0.05, 0.1) is 14.2 Å². The molecule has 0 bridgehead atoms. The fourth-order valence-corrected chi connectivity index (χ4v) is 1.02. The topological polar surface area (TPSA) is 77.3 Å². The van der Waals surface area contributed by atoms with E-state index in [-0.39, 0.29) is 0 Å². The number of esters is 2. The minimum Gasteiger partial charge on any atom is -0.467 e. The zero-order chi connectivity index (χ0) is 12.6. The number of carbonyl (C=O) groups is 2. The van der Waals surface area contributed by atoms with Crippen molar-refractivity contribution in [1.29, 1.82) is 0 Å². The van der Waals surface area contributed by atoms with Gasteiger partial charge >= 0.3 is 11.9 Å². The quantitative estimate of drug-likeness (QED) is 0.509. The molecule has 0 fully saturated rings. The van der Waals surface area contributed by atoms with Crippen LogP contribution in [0.3, 0.4) is 0 Å². The first kappa shape index (κ1) is 14.5. The first-order valence-electron chi connectivity index (χ1n) is 5.16. The fraction of sp³-hybridized carbons (Fsp3) is 0.800. The zero-order valence-corrected chi connectivity index (χ0v) is 10.1. The van der Waals surface area contributed by atoms with E-state index >= 15 is 0 Å². The second-order valence-corrected chi connectivity index (χ2v) is 3.13. The molecular formula is C10H18N2O4. The number of hydrogen-bond acceptors (Lipinski definition) is 6. The lowest BCUT2D eigenvalue weighted by Crippen LogP contribution is -2.22. The van der Waals surface area contributed by atoms with Crippen molar-refractivity contribution >= 4 is 11.9 Å². The van der Waals surface area contributed by atoms with Gasteiger partial charge in [0.15, 0.2) is 12.1 Å². The van der Waals surface area contributed by atoms with E-state index in [1.165, 1.54) is 14.2 Å². The average Bonchev–Trinajstić information content (AvgIpc) is 2.33. The van der Waals surface area contributed by atoms with E-state index in [4.69, 9.17) is 0 Å². The van der Waals surface area contributed by atoms with Gasteiger partial charge in [-0.15, -0.1) is 0 Å². The van der Waals surface area contributed by atoms with Gasteiger partial charge in [-0.2, -0.15) is 10.2 Å². The lowest BCUT2D eigenvalue weighted by molar-refractivity contribution is -0.144. The number of hydrogen-bond donors (Lipinski definition) is 0. The molecule has 0 saturated heterocycles. The van der Waals surface area contributed by atoms with Crippen LogP contribution >= 0.6 is 0 Å². The summed E-state index contributed by atoms with van der Waals surface area (Å²) in [5.74, 6) is -0.906. The minimum absolute atomic E-state index is 0.453. The van der Waals surface area contributed by atoms with Gasteiger partial charge in [0.1, 0.15) is 0 Å². The largest absolute Gasteiger partial charge is 0.467 e. The maximum absolute atomic E-state index is 11.2. The van der Waals surface area contributed by atoms with Crippen LogP contribution in [0.25, 0.3) is 0 Å². The molecule has 2 atom stereocenters. The summed E-state index contributed by atoms with van der Waals surface area (Å²) in [7, 11) is 2.58. The number of azo groups is 1. The van der Waals surface area contributed by atoms with Crippen molar-refractivity contribution < 1.29 is 19.1 Å². The molecule has 2 unspecified atom stereocenters. The molecule has 92 valence electrons. The van der Waals surface area contributed by atoms with Gasteiger partial charge in [-0.3, -0.25) is 0 Å². The lowest BCUT2D eigenvalue weighted by Gasteiger charge is -2.08. The van der Waals surface area contributed by atoms with Gasteiger partial charge in [0.25, 0.3) is 0 Å². The summed E-state index contributed by atoms with van der Waals surface area (Å²) in [5.41, 5.74) is 0. The Bertz CT molecular complexity index is 240. The summed E-state index contributed by atoms with van der Waals surface area (Å²) >= 11 is 0. The van der Waals surface area contributed by atoms with Crippen LogP contribution < -0.4 is 0 Å². The molecule has 0 aliphatic rings. The minimum atomic E-state index is -0.649. The van der Waals surface area contributed by atoms with Gasteiger partial charge in [-0.05, 0) is 12.8 Å². The molecule has 6 nitrogen and oxygen atoms in total. The molecule has 0 heterocycles.